The van der Waals surface area contributed by atoms with Crippen LogP contribution in [0.5, 0.6) is 0 Å². The molecule has 0 aromatic carbocycles. The molecule has 0 bridgehead atoms. The van der Waals surface area contributed by atoms with Crippen molar-refractivity contribution >= 4 is 23.1 Å². The highest BCUT2D eigenvalue weighted by molar-refractivity contribution is 7.12. The Balaban J connectivity index is 3.12. The van der Waals surface area contributed by atoms with E-state index in [4.69, 9.17) is 0 Å². The van der Waals surface area contributed by atoms with Crippen molar-refractivity contribution in [3.63, 3.8) is 0 Å². The zero-order valence-electron chi connectivity index (χ0n) is 14.1. The third-order valence-electron chi connectivity index (χ3n) is 3.24. The van der Waals surface area contributed by atoms with Crippen LogP contribution in [0, 0.1) is 0 Å². The van der Waals surface area contributed by atoms with E-state index in [1.54, 1.807) is 11.3 Å². The molecule has 0 saturated carbocycles. The first-order chi connectivity index (χ1) is 9.46. The minimum Gasteiger partial charge on any atom is -0.469 e. The Kier molecular flexibility index (Phi) is 5.37. The van der Waals surface area contributed by atoms with Crippen molar-refractivity contribution in [2.45, 2.75) is 65.2 Å². The number of hydrogen-bond acceptors (Lipinski definition) is 4. The summed E-state index contributed by atoms with van der Waals surface area (Å²) < 4.78 is 4.60. The summed E-state index contributed by atoms with van der Waals surface area (Å²) >= 11 is 1.70. The SMILES string of the molecule is COC(=O)CCC(=O)c1cc(C(C)(C)C)sc1C(C)(C)C. The maximum Gasteiger partial charge on any atom is 0.305 e. The maximum absolute atomic E-state index is 12.5. The molecule has 1 aromatic heterocycles. The molecule has 0 atom stereocenters. The van der Waals surface area contributed by atoms with Crippen LogP contribution >= 0.6 is 11.3 Å². The summed E-state index contributed by atoms with van der Waals surface area (Å²) in [5.74, 6) is -0.316. The second-order valence-corrected chi connectivity index (χ2v) is 8.40. The molecule has 118 valence electrons. The summed E-state index contributed by atoms with van der Waals surface area (Å²) in [6, 6.07) is 2.00. The Morgan fingerprint density at radius 2 is 1.62 bits per heavy atom. The van der Waals surface area contributed by atoms with Gasteiger partial charge in [0.05, 0.1) is 13.5 Å². The number of Topliss-reactive ketones (excluding diaryl/α,β-unsaturated/α-hetero) is 1. The number of rotatable bonds is 4. The molecule has 0 fully saturated rings. The average molecular weight is 310 g/mol. The van der Waals surface area contributed by atoms with Crippen molar-refractivity contribution < 1.29 is 14.3 Å². The number of ketones is 1. The predicted molar refractivity (Wildman–Crippen MR) is 87.3 cm³/mol. The van der Waals surface area contributed by atoms with E-state index >= 15 is 0 Å². The molecule has 0 aliphatic rings. The Labute approximate surface area is 131 Å². The van der Waals surface area contributed by atoms with Crippen LogP contribution in [0.25, 0.3) is 0 Å². The third kappa shape index (κ3) is 4.67. The van der Waals surface area contributed by atoms with Crippen molar-refractivity contribution in [3.05, 3.63) is 21.4 Å². The van der Waals surface area contributed by atoms with Gasteiger partial charge in [-0.1, -0.05) is 41.5 Å². The molecule has 21 heavy (non-hydrogen) atoms. The van der Waals surface area contributed by atoms with Gasteiger partial charge in [-0.05, 0) is 16.9 Å². The first-order valence-electron chi connectivity index (χ1n) is 7.21. The molecule has 4 heteroatoms. The van der Waals surface area contributed by atoms with Gasteiger partial charge in [-0.2, -0.15) is 0 Å². The Bertz CT molecular complexity index is 527. The molecule has 0 unspecified atom stereocenters. The van der Waals surface area contributed by atoms with Gasteiger partial charge in [0.25, 0.3) is 0 Å². The predicted octanol–water partition coefficient (Wildman–Crippen LogP) is 4.48. The fourth-order valence-corrected chi connectivity index (χ4v) is 3.27. The van der Waals surface area contributed by atoms with Crippen LogP contribution in [0.4, 0.5) is 0 Å². The molecule has 1 aromatic rings. The van der Waals surface area contributed by atoms with Crippen LogP contribution in [-0.2, 0) is 20.4 Å². The highest BCUT2D eigenvalue weighted by atomic mass is 32.1. The van der Waals surface area contributed by atoms with Gasteiger partial charge in [0.15, 0.2) is 5.78 Å². The number of methoxy groups -OCH3 is 1. The molecule has 0 radical (unpaired) electrons. The quantitative estimate of drug-likeness (QED) is 0.608. The molecule has 0 aliphatic heterocycles. The number of thiophene rings is 1. The lowest BCUT2D eigenvalue weighted by Crippen LogP contribution is -2.14. The van der Waals surface area contributed by atoms with Crippen molar-refractivity contribution in [2.75, 3.05) is 7.11 Å². The second-order valence-electron chi connectivity index (χ2n) is 7.35. The number of carbonyl (C=O) groups excluding carboxylic acids is 2. The van der Waals surface area contributed by atoms with Gasteiger partial charge >= 0.3 is 5.97 Å². The third-order valence-corrected chi connectivity index (χ3v) is 5.22. The Hall–Kier alpha value is -1.16. The number of ether oxygens (including phenoxy) is 1. The molecule has 0 aliphatic carbocycles. The highest BCUT2D eigenvalue weighted by Gasteiger charge is 2.28. The molecule has 0 spiro atoms. The lowest BCUT2D eigenvalue weighted by molar-refractivity contribution is -0.140. The summed E-state index contributed by atoms with van der Waals surface area (Å²) in [6.07, 6.45) is 0.343. The number of carbonyl (C=O) groups is 2. The molecular formula is C17H26O3S. The van der Waals surface area contributed by atoms with Gasteiger partial charge in [-0.15, -0.1) is 11.3 Å². The van der Waals surface area contributed by atoms with E-state index in [2.05, 4.69) is 46.3 Å². The van der Waals surface area contributed by atoms with Gasteiger partial charge in [0.2, 0.25) is 0 Å². The Morgan fingerprint density at radius 1 is 1.05 bits per heavy atom. The summed E-state index contributed by atoms with van der Waals surface area (Å²) in [5.41, 5.74) is 0.706. The smallest absolute Gasteiger partial charge is 0.305 e. The summed E-state index contributed by atoms with van der Waals surface area (Å²) in [5, 5.41) is 0. The zero-order chi connectivity index (χ0) is 16.4. The maximum atomic E-state index is 12.5. The summed E-state index contributed by atoms with van der Waals surface area (Å²) in [4.78, 5) is 26.0. The second kappa shape index (κ2) is 6.30. The van der Waals surface area contributed by atoms with Crippen LogP contribution in [0.3, 0.4) is 0 Å². The molecule has 3 nitrogen and oxygen atoms in total. The molecule has 1 rings (SSSR count). The normalized spacial score (nSPS) is 12.3. The largest absolute Gasteiger partial charge is 0.469 e. The number of esters is 1. The van der Waals surface area contributed by atoms with Crippen molar-refractivity contribution in [2.24, 2.45) is 0 Å². The van der Waals surface area contributed by atoms with Gasteiger partial charge in [0.1, 0.15) is 0 Å². The zero-order valence-corrected chi connectivity index (χ0v) is 14.9. The lowest BCUT2D eigenvalue weighted by atomic mass is 9.88. The first kappa shape index (κ1) is 17.9. The average Bonchev–Trinajstić information content (AvgIpc) is 2.80. The van der Waals surface area contributed by atoms with Crippen LogP contribution in [0.1, 0.15) is 74.5 Å². The van der Waals surface area contributed by atoms with E-state index in [9.17, 15) is 9.59 Å². The molecular weight excluding hydrogens is 284 g/mol. The Morgan fingerprint density at radius 3 is 2.05 bits per heavy atom. The van der Waals surface area contributed by atoms with Crippen LogP contribution in [0.15, 0.2) is 6.07 Å². The summed E-state index contributed by atoms with van der Waals surface area (Å²) in [6.45, 7) is 12.8. The molecule has 0 N–H and O–H groups in total. The first-order valence-corrected chi connectivity index (χ1v) is 8.03. The molecule has 0 amide bonds. The minimum absolute atomic E-state index is 0.0194. The number of hydrogen-bond donors (Lipinski definition) is 0. The van der Waals surface area contributed by atoms with Crippen LogP contribution < -0.4 is 0 Å². The van der Waals surface area contributed by atoms with Crippen LogP contribution in [-0.4, -0.2) is 18.9 Å². The van der Waals surface area contributed by atoms with Gasteiger partial charge in [-0.3, -0.25) is 9.59 Å². The van der Waals surface area contributed by atoms with E-state index in [1.165, 1.54) is 12.0 Å². The summed E-state index contributed by atoms with van der Waals surface area (Å²) in [7, 11) is 1.34. The van der Waals surface area contributed by atoms with E-state index < -0.39 is 0 Å². The van der Waals surface area contributed by atoms with Crippen molar-refractivity contribution in [1.82, 2.24) is 0 Å². The van der Waals surface area contributed by atoms with E-state index in [1.807, 2.05) is 6.07 Å². The van der Waals surface area contributed by atoms with E-state index in [0.29, 0.717) is 0 Å². The standard InChI is InChI=1S/C17H26O3S/c1-16(2,3)13-10-11(15(21-13)17(4,5)6)12(18)8-9-14(19)20-7/h10H,8-9H2,1-7H3. The van der Waals surface area contributed by atoms with E-state index in [-0.39, 0.29) is 35.4 Å². The van der Waals surface area contributed by atoms with Crippen molar-refractivity contribution in [1.29, 1.82) is 0 Å². The fourth-order valence-electron chi connectivity index (χ4n) is 1.98. The molecule has 1 heterocycles. The lowest BCUT2D eigenvalue weighted by Gasteiger charge is -2.19. The molecule has 0 saturated heterocycles. The van der Waals surface area contributed by atoms with Crippen LogP contribution in [0.2, 0.25) is 0 Å². The van der Waals surface area contributed by atoms with Crippen molar-refractivity contribution in [3.8, 4) is 0 Å². The van der Waals surface area contributed by atoms with Gasteiger partial charge < -0.3 is 4.74 Å². The monoisotopic (exact) mass is 310 g/mol. The van der Waals surface area contributed by atoms with E-state index in [0.717, 1.165) is 10.4 Å². The topological polar surface area (TPSA) is 43.4 Å². The van der Waals surface area contributed by atoms with Gasteiger partial charge in [0, 0.05) is 21.7 Å². The van der Waals surface area contributed by atoms with Gasteiger partial charge in [-0.25, -0.2) is 0 Å². The highest BCUT2D eigenvalue weighted by Crippen LogP contribution is 2.39. The minimum atomic E-state index is -0.341. The fraction of sp³-hybridized carbons (Fsp3) is 0.647.